The highest BCUT2D eigenvalue weighted by Gasteiger charge is 2.08. The molecular weight excluding hydrogens is 276 g/mol. The van der Waals surface area contributed by atoms with Crippen LogP contribution in [0.15, 0.2) is 49.2 Å². The van der Waals surface area contributed by atoms with Gasteiger partial charge in [-0.1, -0.05) is 25.6 Å². The van der Waals surface area contributed by atoms with Crippen molar-refractivity contribution in [3.63, 3.8) is 0 Å². The van der Waals surface area contributed by atoms with Crippen molar-refractivity contribution in [3.8, 4) is 11.3 Å². The molecule has 0 unspecified atom stereocenters. The molecular formula is C17H16N4O. The number of rotatable bonds is 4. The lowest BCUT2D eigenvalue weighted by Gasteiger charge is -2.06. The Morgan fingerprint density at radius 3 is 3.05 bits per heavy atom. The molecule has 0 spiro atoms. The lowest BCUT2D eigenvalue weighted by molar-refractivity contribution is -0.111. The van der Waals surface area contributed by atoms with Gasteiger partial charge in [-0.3, -0.25) is 14.9 Å². The van der Waals surface area contributed by atoms with E-state index in [-0.39, 0.29) is 5.91 Å². The standard InChI is InChI=1S/C17H16N4O/c1-3-14-13-9-15(18-10-16(13)21-20-14)11-6-5-7-12(8-11)19-17(22)4-2/h4-10H,2-3H2,1H3,(H,19,22)(H,20,21). The maximum atomic E-state index is 11.4. The number of anilines is 1. The van der Waals surface area contributed by atoms with Crippen LogP contribution in [0.2, 0.25) is 0 Å². The van der Waals surface area contributed by atoms with Crippen molar-refractivity contribution in [1.29, 1.82) is 0 Å². The number of aryl methyl sites for hydroxylation is 1. The van der Waals surface area contributed by atoms with E-state index in [0.717, 1.165) is 34.3 Å². The first-order valence-corrected chi connectivity index (χ1v) is 7.08. The molecule has 110 valence electrons. The Labute approximate surface area is 128 Å². The Morgan fingerprint density at radius 1 is 1.41 bits per heavy atom. The minimum absolute atomic E-state index is 0.233. The SMILES string of the molecule is C=CC(=O)Nc1cccc(-c2cc3c(CC)n[nH]c3cn2)c1. The smallest absolute Gasteiger partial charge is 0.247 e. The van der Waals surface area contributed by atoms with Gasteiger partial charge in [0.2, 0.25) is 5.91 Å². The van der Waals surface area contributed by atoms with Crippen molar-refractivity contribution >= 4 is 22.5 Å². The topological polar surface area (TPSA) is 70.7 Å². The summed E-state index contributed by atoms with van der Waals surface area (Å²) in [5.74, 6) is -0.233. The van der Waals surface area contributed by atoms with Gasteiger partial charge in [0.15, 0.2) is 0 Å². The number of pyridine rings is 1. The summed E-state index contributed by atoms with van der Waals surface area (Å²) in [6.07, 6.45) is 3.89. The van der Waals surface area contributed by atoms with E-state index < -0.39 is 0 Å². The van der Waals surface area contributed by atoms with Gasteiger partial charge >= 0.3 is 0 Å². The van der Waals surface area contributed by atoms with Crippen molar-refractivity contribution in [2.45, 2.75) is 13.3 Å². The highest BCUT2D eigenvalue weighted by molar-refractivity contribution is 5.99. The van der Waals surface area contributed by atoms with Crippen LogP contribution < -0.4 is 5.32 Å². The van der Waals surface area contributed by atoms with Gasteiger partial charge < -0.3 is 5.32 Å². The zero-order chi connectivity index (χ0) is 15.5. The van der Waals surface area contributed by atoms with Crippen LogP contribution in [-0.2, 0) is 11.2 Å². The fourth-order valence-electron chi connectivity index (χ4n) is 2.35. The number of hydrogen-bond acceptors (Lipinski definition) is 3. The van der Waals surface area contributed by atoms with Gasteiger partial charge in [0.1, 0.15) is 0 Å². The highest BCUT2D eigenvalue weighted by atomic mass is 16.1. The second-order valence-electron chi connectivity index (χ2n) is 4.91. The van der Waals surface area contributed by atoms with Crippen LogP contribution in [-0.4, -0.2) is 21.1 Å². The number of aromatic nitrogens is 3. The molecule has 1 amide bonds. The van der Waals surface area contributed by atoms with Crippen LogP contribution in [0.25, 0.3) is 22.2 Å². The minimum atomic E-state index is -0.233. The van der Waals surface area contributed by atoms with Gasteiger partial charge in [0.25, 0.3) is 0 Å². The summed E-state index contributed by atoms with van der Waals surface area (Å²) in [7, 11) is 0. The molecule has 0 aliphatic rings. The molecule has 0 saturated carbocycles. The Bertz CT molecular complexity index is 851. The average molecular weight is 292 g/mol. The van der Waals surface area contributed by atoms with Crippen molar-refractivity contribution in [3.05, 3.63) is 54.9 Å². The van der Waals surface area contributed by atoms with Gasteiger partial charge in [0.05, 0.1) is 23.1 Å². The summed E-state index contributed by atoms with van der Waals surface area (Å²) < 4.78 is 0. The summed E-state index contributed by atoms with van der Waals surface area (Å²) in [6, 6.07) is 9.59. The third-order valence-electron chi connectivity index (χ3n) is 3.47. The van der Waals surface area contributed by atoms with Crippen molar-refractivity contribution < 1.29 is 4.79 Å². The van der Waals surface area contributed by atoms with E-state index in [9.17, 15) is 4.79 Å². The Balaban J connectivity index is 2.01. The molecule has 5 heteroatoms. The molecule has 3 rings (SSSR count). The zero-order valence-electron chi connectivity index (χ0n) is 12.3. The number of carbonyl (C=O) groups is 1. The van der Waals surface area contributed by atoms with Crippen molar-refractivity contribution in [1.82, 2.24) is 15.2 Å². The molecule has 0 aliphatic carbocycles. The van der Waals surface area contributed by atoms with Crippen LogP contribution in [0, 0.1) is 0 Å². The van der Waals surface area contributed by atoms with E-state index in [1.165, 1.54) is 6.08 Å². The number of nitrogens with zero attached hydrogens (tertiary/aromatic N) is 2. The molecule has 0 saturated heterocycles. The van der Waals surface area contributed by atoms with Gasteiger partial charge in [-0.25, -0.2) is 0 Å². The summed E-state index contributed by atoms with van der Waals surface area (Å²) in [4.78, 5) is 15.9. The molecule has 22 heavy (non-hydrogen) atoms. The summed E-state index contributed by atoms with van der Waals surface area (Å²) in [5, 5.41) is 11.1. The molecule has 5 nitrogen and oxygen atoms in total. The Hall–Kier alpha value is -2.95. The quantitative estimate of drug-likeness (QED) is 0.725. The molecule has 0 bridgehead atoms. The van der Waals surface area contributed by atoms with Crippen molar-refractivity contribution in [2.24, 2.45) is 0 Å². The molecule has 0 aliphatic heterocycles. The fraction of sp³-hybridized carbons (Fsp3) is 0.118. The molecule has 1 aromatic carbocycles. The average Bonchev–Trinajstić information content (AvgIpc) is 2.97. The minimum Gasteiger partial charge on any atom is -0.323 e. The molecule has 2 heterocycles. The number of fused-ring (bicyclic) bond motifs is 1. The van der Waals surface area contributed by atoms with Gasteiger partial charge in [0, 0.05) is 16.6 Å². The maximum Gasteiger partial charge on any atom is 0.247 e. The first-order valence-electron chi connectivity index (χ1n) is 7.08. The van der Waals surface area contributed by atoms with Crippen LogP contribution in [0.1, 0.15) is 12.6 Å². The predicted molar refractivity (Wildman–Crippen MR) is 87.5 cm³/mol. The van der Waals surface area contributed by atoms with Crippen LogP contribution >= 0.6 is 0 Å². The molecule has 3 aromatic rings. The first-order chi connectivity index (χ1) is 10.7. The number of H-pyrrole nitrogens is 1. The predicted octanol–water partition coefficient (Wildman–Crippen LogP) is 3.31. The highest BCUT2D eigenvalue weighted by Crippen LogP contribution is 2.25. The van der Waals surface area contributed by atoms with E-state index in [2.05, 4.69) is 34.0 Å². The number of benzene rings is 1. The summed E-state index contributed by atoms with van der Waals surface area (Å²) >= 11 is 0. The molecule has 2 aromatic heterocycles. The van der Waals surface area contributed by atoms with E-state index >= 15 is 0 Å². The van der Waals surface area contributed by atoms with Crippen LogP contribution in [0.4, 0.5) is 5.69 Å². The van der Waals surface area contributed by atoms with E-state index in [4.69, 9.17) is 0 Å². The van der Waals surface area contributed by atoms with E-state index in [1.807, 2.05) is 30.3 Å². The van der Waals surface area contributed by atoms with Gasteiger partial charge in [-0.15, -0.1) is 0 Å². The van der Waals surface area contributed by atoms with Crippen molar-refractivity contribution in [2.75, 3.05) is 5.32 Å². The number of hydrogen-bond donors (Lipinski definition) is 2. The normalized spacial score (nSPS) is 10.6. The number of nitrogens with one attached hydrogen (secondary N) is 2. The van der Waals surface area contributed by atoms with E-state index in [1.54, 1.807) is 6.20 Å². The third kappa shape index (κ3) is 2.61. The number of aromatic amines is 1. The first kappa shape index (κ1) is 14.0. The summed E-state index contributed by atoms with van der Waals surface area (Å²) in [5.41, 5.74) is 4.45. The second kappa shape index (κ2) is 5.81. The fourth-order valence-corrected chi connectivity index (χ4v) is 2.35. The van der Waals surface area contributed by atoms with Gasteiger partial charge in [-0.05, 0) is 30.7 Å². The lowest BCUT2D eigenvalue weighted by Crippen LogP contribution is -2.07. The van der Waals surface area contributed by atoms with Crippen LogP contribution in [0.5, 0.6) is 0 Å². The molecule has 0 atom stereocenters. The van der Waals surface area contributed by atoms with Crippen LogP contribution in [0.3, 0.4) is 0 Å². The largest absolute Gasteiger partial charge is 0.323 e. The maximum absolute atomic E-state index is 11.4. The Morgan fingerprint density at radius 2 is 2.27 bits per heavy atom. The van der Waals surface area contributed by atoms with E-state index in [0.29, 0.717) is 5.69 Å². The second-order valence-corrected chi connectivity index (χ2v) is 4.91. The van der Waals surface area contributed by atoms with Gasteiger partial charge in [-0.2, -0.15) is 5.10 Å². The zero-order valence-corrected chi connectivity index (χ0v) is 12.3. The number of amides is 1. The monoisotopic (exact) mass is 292 g/mol. The molecule has 2 N–H and O–H groups in total. The Kier molecular flexibility index (Phi) is 3.70. The number of carbonyl (C=O) groups excluding carboxylic acids is 1. The lowest BCUT2D eigenvalue weighted by atomic mass is 10.1. The molecule has 0 fully saturated rings. The summed E-state index contributed by atoms with van der Waals surface area (Å²) in [6.45, 7) is 5.52. The molecule has 0 radical (unpaired) electrons. The third-order valence-corrected chi connectivity index (χ3v) is 3.47.